The second kappa shape index (κ2) is 7.50. The first-order chi connectivity index (χ1) is 12.1. The molecule has 9 nitrogen and oxygen atoms in total. The Labute approximate surface area is 150 Å². The van der Waals surface area contributed by atoms with Crippen molar-refractivity contribution in [3.63, 3.8) is 0 Å². The molecule has 0 unspecified atom stereocenters. The monoisotopic (exact) mass is 378 g/mol. The van der Waals surface area contributed by atoms with Crippen LogP contribution in [0.15, 0.2) is 46.4 Å². The quantitative estimate of drug-likeness (QED) is 0.450. The lowest BCUT2D eigenvalue weighted by molar-refractivity contribution is -0.384. The van der Waals surface area contributed by atoms with Crippen LogP contribution < -0.4 is 15.3 Å². The number of hydrogen-bond acceptors (Lipinski definition) is 7. The summed E-state index contributed by atoms with van der Waals surface area (Å²) in [4.78, 5) is 10.2. The van der Waals surface area contributed by atoms with E-state index in [2.05, 4.69) is 10.5 Å². The van der Waals surface area contributed by atoms with Crippen molar-refractivity contribution in [3.8, 4) is 5.75 Å². The number of aryl methyl sites for hydroxylation is 1. The van der Waals surface area contributed by atoms with Crippen molar-refractivity contribution >= 4 is 27.1 Å². The summed E-state index contributed by atoms with van der Waals surface area (Å²) in [5, 5.41) is 20.4. The van der Waals surface area contributed by atoms with Gasteiger partial charge in [0, 0.05) is 11.6 Å². The van der Waals surface area contributed by atoms with Gasteiger partial charge in [-0.25, -0.2) is 13.6 Å². The van der Waals surface area contributed by atoms with E-state index in [1.54, 1.807) is 13.0 Å². The summed E-state index contributed by atoms with van der Waals surface area (Å²) in [7, 11) is -2.51. The molecule has 2 aromatic rings. The van der Waals surface area contributed by atoms with Crippen LogP contribution in [0, 0.1) is 17.0 Å². The van der Waals surface area contributed by atoms with Gasteiger partial charge in [0.15, 0.2) is 0 Å². The molecule has 0 radical (unpaired) electrons. The number of nitro benzene ring substituents is 1. The maximum atomic E-state index is 11.4. The number of nitrogens with two attached hydrogens (primary N) is 1. The molecule has 0 aliphatic carbocycles. The van der Waals surface area contributed by atoms with Gasteiger partial charge in [-0.3, -0.25) is 15.5 Å². The normalized spacial score (nSPS) is 11.9. The standard InChI is InChI=1S/C16H18N4O5S/c1-10-4-7-16(25-3)13(8-10)11(2)18-19-14-6-5-12(26(17,23)24)9-15(14)20(21)22/h4-9,19H,1-3H3,(H2,17,23,24)/b18-11-. The molecule has 0 aromatic heterocycles. The van der Waals surface area contributed by atoms with Crippen LogP contribution in [0.25, 0.3) is 0 Å². The zero-order valence-electron chi connectivity index (χ0n) is 14.4. The molecule has 0 spiro atoms. The topological polar surface area (TPSA) is 137 Å². The second-order valence-electron chi connectivity index (χ2n) is 5.49. The van der Waals surface area contributed by atoms with E-state index in [1.807, 2.05) is 19.1 Å². The summed E-state index contributed by atoms with van der Waals surface area (Å²) >= 11 is 0. The van der Waals surface area contributed by atoms with Crippen LogP contribution in [0.4, 0.5) is 11.4 Å². The van der Waals surface area contributed by atoms with Gasteiger partial charge in [-0.1, -0.05) is 11.6 Å². The van der Waals surface area contributed by atoms with Gasteiger partial charge in [0.2, 0.25) is 10.0 Å². The number of nitrogens with zero attached hydrogens (tertiary/aromatic N) is 2. The van der Waals surface area contributed by atoms with E-state index in [9.17, 15) is 18.5 Å². The summed E-state index contributed by atoms with van der Waals surface area (Å²) < 4.78 is 28.0. The number of ether oxygens (including phenoxy) is 1. The highest BCUT2D eigenvalue weighted by molar-refractivity contribution is 7.89. The van der Waals surface area contributed by atoms with E-state index in [0.717, 1.165) is 17.2 Å². The Kier molecular flexibility index (Phi) is 5.58. The molecule has 2 aromatic carbocycles. The number of nitrogens with one attached hydrogen (secondary N) is 1. The Morgan fingerprint density at radius 2 is 1.96 bits per heavy atom. The average molecular weight is 378 g/mol. The maximum Gasteiger partial charge on any atom is 0.295 e. The smallest absolute Gasteiger partial charge is 0.295 e. The highest BCUT2D eigenvalue weighted by Crippen LogP contribution is 2.27. The van der Waals surface area contributed by atoms with Crippen LogP contribution in [-0.2, 0) is 10.0 Å². The van der Waals surface area contributed by atoms with E-state index >= 15 is 0 Å². The Bertz CT molecular complexity index is 986. The lowest BCUT2D eigenvalue weighted by Gasteiger charge is -2.10. The summed E-state index contributed by atoms with van der Waals surface area (Å²) in [6.45, 7) is 3.63. The third-order valence-electron chi connectivity index (χ3n) is 3.58. The first-order valence-corrected chi connectivity index (χ1v) is 8.94. The predicted octanol–water partition coefficient (Wildman–Crippen LogP) is 2.40. The molecule has 3 N–H and O–H groups in total. The zero-order chi connectivity index (χ0) is 19.5. The van der Waals surface area contributed by atoms with Crippen LogP contribution in [0.2, 0.25) is 0 Å². The van der Waals surface area contributed by atoms with Gasteiger partial charge in [0.1, 0.15) is 11.4 Å². The van der Waals surface area contributed by atoms with E-state index in [0.29, 0.717) is 11.5 Å². The summed E-state index contributed by atoms with van der Waals surface area (Å²) in [5.41, 5.74) is 4.44. The largest absolute Gasteiger partial charge is 0.496 e. The molecular weight excluding hydrogens is 360 g/mol. The van der Waals surface area contributed by atoms with Crippen LogP contribution in [-0.4, -0.2) is 26.2 Å². The van der Waals surface area contributed by atoms with Crippen molar-refractivity contribution < 1.29 is 18.1 Å². The summed E-state index contributed by atoms with van der Waals surface area (Å²) in [5.74, 6) is 0.609. The van der Waals surface area contributed by atoms with Crippen LogP contribution >= 0.6 is 0 Å². The molecule has 0 heterocycles. The van der Waals surface area contributed by atoms with Gasteiger partial charge in [-0.05, 0) is 38.1 Å². The first-order valence-electron chi connectivity index (χ1n) is 7.40. The molecule has 138 valence electrons. The number of hydrogen-bond donors (Lipinski definition) is 2. The van der Waals surface area contributed by atoms with Crippen molar-refractivity contribution in [2.45, 2.75) is 18.7 Å². The molecular formula is C16H18N4O5S. The predicted molar refractivity (Wildman–Crippen MR) is 98.0 cm³/mol. The van der Waals surface area contributed by atoms with Crippen LogP contribution in [0.3, 0.4) is 0 Å². The Morgan fingerprint density at radius 1 is 1.27 bits per heavy atom. The van der Waals surface area contributed by atoms with Crippen molar-refractivity contribution in [1.82, 2.24) is 0 Å². The number of anilines is 1. The van der Waals surface area contributed by atoms with E-state index < -0.39 is 20.6 Å². The molecule has 0 aliphatic rings. The highest BCUT2D eigenvalue weighted by atomic mass is 32.2. The van der Waals surface area contributed by atoms with Crippen molar-refractivity contribution in [2.24, 2.45) is 10.2 Å². The SMILES string of the molecule is COc1ccc(C)cc1/C(C)=N\Nc1ccc(S(N)(=O)=O)cc1[N+](=O)[O-]. The molecule has 0 saturated carbocycles. The number of methoxy groups -OCH3 is 1. The van der Waals surface area contributed by atoms with Gasteiger partial charge >= 0.3 is 0 Å². The third-order valence-corrected chi connectivity index (χ3v) is 4.49. The van der Waals surface area contributed by atoms with Crippen molar-refractivity contribution in [2.75, 3.05) is 12.5 Å². The lowest BCUT2D eigenvalue weighted by atomic mass is 10.1. The fourth-order valence-electron chi connectivity index (χ4n) is 2.24. The van der Waals surface area contributed by atoms with E-state index in [4.69, 9.17) is 9.88 Å². The Hall–Kier alpha value is -2.98. The first kappa shape index (κ1) is 19.3. The van der Waals surface area contributed by atoms with E-state index in [-0.39, 0.29) is 10.6 Å². The molecule has 0 saturated heterocycles. The van der Waals surface area contributed by atoms with Gasteiger partial charge in [0.05, 0.1) is 22.6 Å². The average Bonchev–Trinajstić information content (AvgIpc) is 2.58. The minimum absolute atomic E-state index is 0.0355. The van der Waals surface area contributed by atoms with Crippen molar-refractivity contribution in [1.29, 1.82) is 0 Å². The van der Waals surface area contributed by atoms with Gasteiger partial charge in [-0.15, -0.1) is 0 Å². The molecule has 10 heteroatoms. The molecule has 0 bridgehead atoms. The minimum atomic E-state index is -4.05. The Morgan fingerprint density at radius 3 is 2.54 bits per heavy atom. The molecule has 0 aliphatic heterocycles. The van der Waals surface area contributed by atoms with Crippen LogP contribution in [0.1, 0.15) is 18.1 Å². The number of primary sulfonamides is 1. The molecule has 0 atom stereocenters. The number of nitro groups is 1. The zero-order valence-corrected chi connectivity index (χ0v) is 15.2. The summed E-state index contributed by atoms with van der Waals surface area (Å²) in [6, 6.07) is 8.85. The molecule has 0 amide bonds. The lowest BCUT2D eigenvalue weighted by Crippen LogP contribution is -2.12. The fourth-order valence-corrected chi connectivity index (χ4v) is 2.78. The van der Waals surface area contributed by atoms with Gasteiger partial charge in [0.25, 0.3) is 5.69 Å². The van der Waals surface area contributed by atoms with E-state index in [1.165, 1.54) is 19.2 Å². The van der Waals surface area contributed by atoms with Crippen LogP contribution in [0.5, 0.6) is 5.75 Å². The van der Waals surface area contributed by atoms with Crippen molar-refractivity contribution in [3.05, 3.63) is 57.6 Å². The Balaban J connectivity index is 2.41. The molecule has 2 rings (SSSR count). The third kappa shape index (κ3) is 4.35. The highest BCUT2D eigenvalue weighted by Gasteiger charge is 2.19. The number of hydrazone groups is 1. The number of benzene rings is 2. The minimum Gasteiger partial charge on any atom is -0.496 e. The fraction of sp³-hybridized carbons (Fsp3) is 0.188. The van der Waals surface area contributed by atoms with Gasteiger partial charge < -0.3 is 4.74 Å². The second-order valence-corrected chi connectivity index (χ2v) is 7.06. The number of rotatable bonds is 6. The number of sulfonamides is 1. The molecule has 0 fully saturated rings. The maximum absolute atomic E-state index is 11.4. The molecule has 26 heavy (non-hydrogen) atoms. The summed E-state index contributed by atoms with van der Waals surface area (Å²) in [6.07, 6.45) is 0. The van der Waals surface area contributed by atoms with Gasteiger partial charge in [-0.2, -0.15) is 5.10 Å².